The molecule has 21 heavy (non-hydrogen) atoms. The first kappa shape index (κ1) is 13.6. The van der Waals surface area contributed by atoms with Gasteiger partial charge in [-0.25, -0.2) is 8.78 Å². The normalized spacial score (nSPS) is 10.8. The average Bonchev–Trinajstić information content (AvgIpc) is 2.95. The molecule has 1 aromatic carbocycles. The minimum absolute atomic E-state index is 0.0717. The molecule has 0 saturated carbocycles. The number of hydrogen-bond acceptors (Lipinski definition) is 5. The van der Waals surface area contributed by atoms with Crippen LogP contribution in [0.1, 0.15) is 0 Å². The number of hydrogen-bond donors (Lipinski definition) is 1. The lowest BCUT2D eigenvalue weighted by Crippen LogP contribution is -1.92. The van der Waals surface area contributed by atoms with E-state index in [4.69, 9.17) is 10.3 Å². The molecule has 2 N–H and O–H groups in total. The Balaban J connectivity index is 2.07. The van der Waals surface area contributed by atoms with Crippen molar-refractivity contribution in [2.75, 3.05) is 5.73 Å². The number of pyridine rings is 1. The third-order valence-corrected chi connectivity index (χ3v) is 3.56. The van der Waals surface area contributed by atoms with E-state index in [2.05, 4.69) is 31.1 Å². The Labute approximate surface area is 125 Å². The molecule has 3 rings (SSSR count). The molecule has 0 radical (unpaired) electrons. The number of benzene rings is 1. The molecule has 0 saturated heterocycles. The van der Waals surface area contributed by atoms with Crippen molar-refractivity contribution in [3.8, 4) is 22.8 Å². The smallest absolute Gasteiger partial charge is 0.260 e. The summed E-state index contributed by atoms with van der Waals surface area (Å²) in [6, 6.07) is 3.96. The predicted molar refractivity (Wildman–Crippen MR) is 75.0 cm³/mol. The zero-order valence-corrected chi connectivity index (χ0v) is 11.9. The molecule has 8 heteroatoms. The second-order valence-electron chi connectivity index (χ2n) is 4.11. The lowest BCUT2D eigenvalue weighted by atomic mass is 10.2. The zero-order valence-electron chi connectivity index (χ0n) is 10.3. The van der Waals surface area contributed by atoms with Crippen LogP contribution in [0.5, 0.6) is 0 Å². The van der Waals surface area contributed by atoms with Gasteiger partial charge in [0, 0.05) is 11.8 Å². The summed E-state index contributed by atoms with van der Waals surface area (Å²) in [6.45, 7) is 0. The third kappa shape index (κ3) is 2.38. The molecular weight excluding hydrogens is 346 g/mol. The fourth-order valence-electron chi connectivity index (χ4n) is 1.74. The maximum atomic E-state index is 13.5. The maximum Gasteiger partial charge on any atom is 0.260 e. The van der Waals surface area contributed by atoms with E-state index >= 15 is 0 Å². The van der Waals surface area contributed by atoms with Gasteiger partial charge in [0.2, 0.25) is 5.82 Å². The standard InChI is InChI=1S/C13H7BrF2N4O/c14-10-7(1-2-8(15)11(10)16)12-19-13(21-20-12)6-3-4-18-5-9(6)17/h1-5H,17H2. The highest BCUT2D eigenvalue weighted by molar-refractivity contribution is 9.10. The maximum absolute atomic E-state index is 13.5. The first-order valence-electron chi connectivity index (χ1n) is 5.75. The summed E-state index contributed by atoms with van der Waals surface area (Å²) >= 11 is 2.98. The number of nitrogen functional groups attached to an aromatic ring is 1. The highest BCUT2D eigenvalue weighted by atomic mass is 79.9. The SMILES string of the molecule is Nc1cnccc1-c1nc(-c2ccc(F)c(F)c2Br)no1. The van der Waals surface area contributed by atoms with Crippen LogP contribution in [-0.4, -0.2) is 15.1 Å². The number of aromatic nitrogens is 3. The molecule has 2 aromatic heterocycles. The zero-order chi connectivity index (χ0) is 15.0. The molecule has 0 amide bonds. The van der Waals surface area contributed by atoms with Gasteiger partial charge in [0.15, 0.2) is 11.6 Å². The summed E-state index contributed by atoms with van der Waals surface area (Å²) < 4.78 is 31.7. The van der Waals surface area contributed by atoms with E-state index in [0.717, 1.165) is 6.07 Å². The second-order valence-corrected chi connectivity index (χ2v) is 4.90. The van der Waals surface area contributed by atoms with Gasteiger partial charge < -0.3 is 10.3 Å². The molecule has 106 valence electrons. The van der Waals surface area contributed by atoms with Gasteiger partial charge in [-0.2, -0.15) is 4.98 Å². The quantitative estimate of drug-likeness (QED) is 0.715. The van der Waals surface area contributed by atoms with Crippen molar-refractivity contribution < 1.29 is 13.3 Å². The molecule has 0 unspecified atom stereocenters. The molecule has 3 aromatic rings. The summed E-state index contributed by atoms with van der Waals surface area (Å²) in [4.78, 5) is 8.00. The summed E-state index contributed by atoms with van der Waals surface area (Å²) in [5.41, 5.74) is 6.93. The van der Waals surface area contributed by atoms with Crippen LogP contribution in [0.25, 0.3) is 22.8 Å². The van der Waals surface area contributed by atoms with Crippen LogP contribution in [-0.2, 0) is 0 Å². The van der Waals surface area contributed by atoms with Gasteiger partial charge in [-0.05, 0) is 34.1 Å². The van der Waals surface area contributed by atoms with E-state index in [9.17, 15) is 8.78 Å². The van der Waals surface area contributed by atoms with Crippen molar-refractivity contribution in [3.63, 3.8) is 0 Å². The monoisotopic (exact) mass is 352 g/mol. The fraction of sp³-hybridized carbons (Fsp3) is 0. The van der Waals surface area contributed by atoms with Crippen LogP contribution in [0.4, 0.5) is 14.5 Å². The Bertz CT molecular complexity index is 822. The summed E-state index contributed by atoms with van der Waals surface area (Å²) in [5.74, 6) is -1.69. The van der Waals surface area contributed by atoms with Crippen molar-refractivity contribution in [1.29, 1.82) is 0 Å². The van der Waals surface area contributed by atoms with E-state index < -0.39 is 11.6 Å². The first-order valence-corrected chi connectivity index (χ1v) is 6.54. The topological polar surface area (TPSA) is 77.8 Å². The number of anilines is 1. The third-order valence-electron chi connectivity index (χ3n) is 2.78. The summed E-state index contributed by atoms with van der Waals surface area (Å²) in [7, 11) is 0. The lowest BCUT2D eigenvalue weighted by molar-refractivity contribution is 0.432. The van der Waals surface area contributed by atoms with Crippen LogP contribution < -0.4 is 5.73 Å². The van der Waals surface area contributed by atoms with Crippen molar-refractivity contribution in [2.45, 2.75) is 0 Å². The molecule has 0 aliphatic heterocycles. The second kappa shape index (κ2) is 5.21. The van der Waals surface area contributed by atoms with Crippen molar-refractivity contribution in [3.05, 3.63) is 46.7 Å². The predicted octanol–water partition coefficient (Wildman–Crippen LogP) is 3.42. The van der Waals surface area contributed by atoms with E-state index in [1.165, 1.54) is 18.5 Å². The minimum atomic E-state index is -1.01. The van der Waals surface area contributed by atoms with Crippen molar-refractivity contribution >= 4 is 21.6 Å². The summed E-state index contributed by atoms with van der Waals surface area (Å²) in [5, 5.41) is 3.75. The molecule has 0 atom stereocenters. The van der Waals surface area contributed by atoms with Crippen LogP contribution in [0.2, 0.25) is 0 Å². The Morgan fingerprint density at radius 2 is 1.95 bits per heavy atom. The van der Waals surface area contributed by atoms with Gasteiger partial charge in [-0.3, -0.25) is 4.98 Å². The minimum Gasteiger partial charge on any atom is -0.397 e. The van der Waals surface area contributed by atoms with Crippen LogP contribution in [0.15, 0.2) is 39.6 Å². The number of nitrogens with two attached hydrogens (primary N) is 1. The Morgan fingerprint density at radius 1 is 1.14 bits per heavy atom. The van der Waals surface area contributed by atoms with E-state index in [-0.39, 0.29) is 21.8 Å². The average molecular weight is 353 g/mol. The highest BCUT2D eigenvalue weighted by Gasteiger charge is 2.18. The lowest BCUT2D eigenvalue weighted by Gasteiger charge is -2.01. The Kier molecular flexibility index (Phi) is 3.38. The van der Waals surface area contributed by atoms with Gasteiger partial charge in [-0.1, -0.05) is 5.16 Å². The summed E-state index contributed by atoms with van der Waals surface area (Å²) in [6.07, 6.45) is 2.98. The molecular formula is C13H7BrF2N4O. The van der Waals surface area contributed by atoms with Gasteiger partial charge >= 0.3 is 0 Å². The van der Waals surface area contributed by atoms with E-state index in [1.807, 2.05) is 0 Å². The molecule has 0 bridgehead atoms. The Morgan fingerprint density at radius 3 is 2.71 bits per heavy atom. The Hall–Kier alpha value is -2.35. The molecule has 5 nitrogen and oxygen atoms in total. The van der Waals surface area contributed by atoms with E-state index in [1.54, 1.807) is 6.07 Å². The number of rotatable bonds is 2. The number of halogens is 3. The van der Waals surface area contributed by atoms with E-state index in [0.29, 0.717) is 11.3 Å². The molecule has 0 aliphatic rings. The highest BCUT2D eigenvalue weighted by Crippen LogP contribution is 2.32. The largest absolute Gasteiger partial charge is 0.397 e. The fourth-order valence-corrected chi connectivity index (χ4v) is 2.24. The van der Waals surface area contributed by atoms with Crippen molar-refractivity contribution in [2.24, 2.45) is 0 Å². The molecule has 2 heterocycles. The van der Waals surface area contributed by atoms with Crippen LogP contribution in [0, 0.1) is 11.6 Å². The number of nitrogens with zero attached hydrogens (tertiary/aromatic N) is 3. The van der Waals surface area contributed by atoms with Gasteiger partial charge in [-0.15, -0.1) is 0 Å². The van der Waals surface area contributed by atoms with Gasteiger partial charge in [0.1, 0.15) is 0 Å². The first-order chi connectivity index (χ1) is 10.1. The molecule has 0 fully saturated rings. The van der Waals surface area contributed by atoms with Crippen LogP contribution >= 0.6 is 15.9 Å². The molecule has 0 spiro atoms. The van der Waals surface area contributed by atoms with Crippen LogP contribution in [0.3, 0.4) is 0 Å². The van der Waals surface area contributed by atoms with Gasteiger partial charge in [0.25, 0.3) is 5.89 Å². The molecule has 0 aliphatic carbocycles. The van der Waals surface area contributed by atoms with Gasteiger partial charge in [0.05, 0.1) is 21.9 Å². The van der Waals surface area contributed by atoms with Crippen molar-refractivity contribution in [1.82, 2.24) is 15.1 Å².